The predicted octanol–water partition coefficient (Wildman–Crippen LogP) is 3.49. The lowest BCUT2D eigenvalue weighted by molar-refractivity contribution is 0.105. The number of piperazine rings is 1. The third-order valence-corrected chi connectivity index (χ3v) is 6.34. The summed E-state index contributed by atoms with van der Waals surface area (Å²) in [5.74, 6) is -0.419. The fourth-order valence-corrected chi connectivity index (χ4v) is 4.98. The lowest BCUT2D eigenvalue weighted by Crippen LogP contribution is -2.72. The molecule has 6 heteroatoms. The van der Waals surface area contributed by atoms with Crippen LogP contribution in [0.1, 0.15) is 44.9 Å². The predicted molar refractivity (Wildman–Crippen MR) is 97.1 cm³/mol. The summed E-state index contributed by atoms with van der Waals surface area (Å²) in [4.78, 5) is 2.38. The van der Waals surface area contributed by atoms with Crippen LogP contribution in [0.3, 0.4) is 0 Å². The standard InChI is InChI=1S/C19H26ClFN2O2/c20-14-10-13(11-15(21)18(14)25-9-8-24)23-12-19(6-3-7-19)22-16-4-1-2-5-17(16)23/h10-11,16-17,22,24H,1-9,12H2/t16-,17-/m0/s1. The van der Waals surface area contributed by atoms with Crippen molar-refractivity contribution in [1.29, 1.82) is 0 Å². The number of ether oxygens (including phenoxy) is 1. The fourth-order valence-electron chi connectivity index (χ4n) is 4.72. The zero-order valence-corrected chi connectivity index (χ0v) is 15.2. The van der Waals surface area contributed by atoms with Gasteiger partial charge in [0.2, 0.25) is 0 Å². The van der Waals surface area contributed by atoms with Crippen LogP contribution in [0, 0.1) is 5.82 Å². The molecule has 1 aromatic rings. The number of anilines is 1. The normalized spacial score (nSPS) is 27.7. The molecule has 3 fully saturated rings. The summed E-state index contributed by atoms with van der Waals surface area (Å²) in [6, 6.07) is 4.25. The van der Waals surface area contributed by atoms with Crippen LogP contribution in [0.25, 0.3) is 0 Å². The van der Waals surface area contributed by atoms with E-state index in [1.807, 2.05) is 6.07 Å². The Kier molecular flexibility index (Phi) is 4.82. The topological polar surface area (TPSA) is 44.7 Å². The van der Waals surface area contributed by atoms with Gasteiger partial charge >= 0.3 is 0 Å². The highest BCUT2D eigenvalue weighted by Crippen LogP contribution is 2.43. The first-order chi connectivity index (χ1) is 12.1. The average molecular weight is 369 g/mol. The van der Waals surface area contributed by atoms with Crippen LogP contribution in [0.4, 0.5) is 10.1 Å². The van der Waals surface area contributed by atoms with Crippen LogP contribution in [-0.4, -0.2) is 42.5 Å². The van der Waals surface area contributed by atoms with Crippen LogP contribution in [0.2, 0.25) is 5.02 Å². The van der Waals surface area contributed by atoms with Gasteiger partial charge in [0.15, 0.2) is 11.6 Å². The van der Waals surface area contributed by atoms with E-state index in [2.05, 4.69) is 10.2 Å². The highest BCUT2D eigenvalue weighted by atomic mass is 35.5. The van der Waals surface area contributed by atoms with Gasteiger partial charge in [-0.05, 0) is 38.2 Å². The SMILES string of the molecule is OCCOc1c(F)cc(N2CC3(CCC3)N[C@H]3CCCC[C@@H]32)cc1Cl. The van der Waals surface area contributed by atoms with E-state index >= 15 is 0 Å². The quantitative estimate of drug-likeness (QED) is 0.853. The van der Waals surface area contributed by atoms with Gasteiger partial charge in [-0.3, -0.25) is 0 Å². The first-order valence-corrected chi connectivity index (χ1v) is 9.77. The maximum Gasteiger partial charge on any atom is 0.173 e. The van der Waals surface area contributed by atoms with Crippen molar-refractivity contribution in [3.8, 4) is 5.75 Å². The van der Waals surface area contributed by atoms with E-state index in [0.29, 0.717) is 12.1 Å². The molecular weight excluding hydrogens is 343 g/mol. The summed E-state index contributed by atoms with van der Waals surface area (Å²) in [6.07, 6.45) is 8.47. The summed E-state index contributed by atoms with van der Waals surface area (Å²) in [7, 11) is 0. The number of hydrogen-bond acceptors (Lipinski definition) is 4. The minimum absolute atomic E-state index is 0.0353. The lowest BCUT2D eigenvalue weighted by atomic mass is 9.71. The van der Waals surface area contributed by atoms with Crippen LogP contribution in [-0.2, 0) is 0 Å². The van der Waals surface area contributed by atoms with E-state index in [9.17, 15) is 4.39 Å². The molecule has 1 aromatic carbocycles. The summed E-state index contributed by atoms with van der Waals surface area (Å²) >= 11 is 6.29. The number of rotatable bonds is 4. The van der Waals surface area contributed by atoms with Crippen LogP contribution >= 0.6 is 11.6 Å². The molecule has 0 bridgehead atoms. The van der Waals surface area contributed by atoms with E-state index in [4.69, 9.17) is 21.4 Å². The number of hydrogen-bond donors (Lipinski definition) is 2. The van der Waals surface area contributed by atoms with E-state index in [1.165, 1.54) is 38.5 Å². The molecule has 4 nitrogen and oxygen atoms in total. The monoisotopic (exact) mass is 368 g/mol. The number of nitrogens with zero attached hydrogens (tertiary/aromatic N) is 1. The molecule has 1 aliphatic heterocycles. The molecule has 0 radical (unpaired) electrons. The Morgan fingerprint density at radius 3 is 2.76 bits per heavy atom. The summed E-state index contributed by atoms with van der Waals surface area (Å²) in [6.45, 7) is 0.791. The van der Waals surface area contributed by atoms with Crippen LogP contribution in [0.5, 0.6) is 5.75 Å². The van der Waals surface area contributed by atoms with Crippen molar-refractivity contribution in [2.45, 2.75) is 62.6 Å². The number of fused-ring (bicyclic) bond motifs is 1. The highest BCUT2D eigenvalue weighted by molar-refractivity contribution is 6.32. The molecule has 3 aliphatic rings. The van der Waals surface area contributed by atoms with Crippen LogP contribution in [0.15, 0.2) is 12.1 Å². The molecular formula is C19H26ClFN2O2. The molecule has 0 unspecified atom stereocenters. The summed E-state index contributed by atoms with van der Waals surface area (Å²) in [5, 5.41) is 13.1. The van der Waals surface area contributed by atoms with Crippen molar-refractivity contribution >= 4 is 17.3 Å². The highest BCUT2D eigenvalue weighted by Gasteiger charge is 2.48. The zero-order chi connectivity index (χ0) is 17.4. The first-order valence-electron chi connectivity index (χ1n) is 9.39. The number of halogens is 2. The molecule has 1 saturated heterocycles. The van der Waals surface area contributed by atoms with Gasteiger partial charge in [0, 0.05) is 35.9 Å². The Morgan fingerprint density at radius 2 is 2.08 bits per heavy atom. The molecule has 25 heavy (non-hydrogen) atoms. The van der Waals surface area contributed by atoms with Gasteiger partial charge < -0.3 is 20.1 Å². The molecule has 1 heterocycles. The molecule has 0 aromatic heterocycles. The van der Waals surface area contributed by atoms with Crippen molar-refractivity contribution in [3.05, 3.63) is 23.0 Å². The Balaban J connectivity index is 1.64. The maximum atomic E-state index is 14.6. The number of aliphatic hydroxyl groups excluding tert-OH is 1. The smallest absolute Gasteiger partial charge is 0.173 e. The summed E-state index contributed by atoms with van der Waals surface area (Å²) < 4.78 is 19.8. The zero-order valence-electron chi connectivity index (χ0n) is 14.4. The molecule has 138 valence electrons. The molecule has 2 saturated carbocycles. The van der Waals surface area contributed by atoms with Crippen molar-refractivity contribution in [1.82, 2.24) is 5.32 Å². The van der Waals surface area contributed by atoms with Gasteiger partial charge in [0.1, 0.15) is 6.61 Å². The maximum absolute atomic E-state index is 14.6. The van der Waals surface area contributed by atoms with Crippen molar-refractivity contribution in [3.63, 3.8) is 0 Å². The Morgan fingerprint density at radius 1 is 1.28 bits per heavy atom. The Bertz CT molecular complexity index is 615. The Labute approximate surface area is 153 Å². The van der Waals surface area contributed by atoms with E-state index in [-0.39, 0.29) is 29.5 Å². The van der Waals surface area contributed by atoms with Gasteiger partial charge in [0.25, 0.3) is 0 Å². The van der Waals surface area contributed by atoms with Gasteiger partial charge in [-0.25, -0.2) is 4.39 Å². The molecule has 2 aliphatic carbocycles. The van der Waals surface area contributed by atoms with Crippen LogP contribution < -0.4 is 15.0 Å². The fraction of sp³-hybridized carbons (Fsp3) is 0.684. The molecule has 4 rings (SSSR count). The summed E-state index contributed by atoms with van der Waals surface area (Å²) in [5.41, 5.74) is 1.04. The molecule has 2 N–H and O–H groups in total. The second-order valence-corrected chi connectivity index (χ2v) is 8.08. The number of nitrogens with one attached hydrogen (secondary N) is 1. The van der Waals surface area contributed by atoms with Gasteiger partial charge in [-0.1, -0.05) is 24.4 Å². The minimum atomic E-state index is -0.454. The molecule has 2 atom stereocenters. The third kappa shape index (κ3) is 3.22. The lowest BCUT2D eigenvalue weighted by Gasteiger charge is -2.58. The molecule has 1 spiro atoms. The van der Waals surface area contributed by atoms with E-state index in [0.717, 1.165) is 18.7 Å². The van der Waals surface area contributed by atoms with Gasteiger partial charge in [0.05, 0.1) is 11.6 Å². The first kappa shape index (κ1) is 17.4. The second kappa shape index (κ2) is 6.93. The van der Waals surface area contributed by atoms with Crippen molar-refractivity contribution < 1.29 is 14.2 Å². The van der Waals surface area contributed by atoms with Gasteiger partial charge in [-0.15, -0.1) is 0 Å². The van der Waals surface area contributed by atoms with Crippen molar-refractivity contribution in [2.75, 3.05) is 24.7 Å². The van der Waals surface area contributed by atoms with E-state index in [1.54, 1.807) is 6.07 Å². The molecule has 0 amide bonds. The number of aliphatic hydroxyl groups is 1. The van der Waals surface area contributed by atoms with Gasteiger partial charge in [-0.2, -0.15) is 0 Å². The number of benzene rings is 1. The minimum Gasteiger partial charge on any atom is -0.487 e. The van der Waals surface area contributed by atoms with E-state index < -0.39 is 5.82 Å². The average Bonchev–Trinajstić information content (AvgIpc) is 2.58. The third-order valence-electron chi connectivity index (χ3n) is 6.06. The van der Waals surface area contributed by atoms with Crippen molar-refractivity contribution in [2.24, 2.45) is 0 Å². The second-order valence-electron chi connectivity index (χ2n) is 7.68. The Hall–Kier alpha value is -1.04. The largest absolute Gasteiger partial charge is 0.487 e.